The number of allylic oxidation sites excluding steroid dienone is 3. The lowest BCUT2D eigenvalue weighted by Gasteiger charge is -2.54. The van der Waals surface area contributed by atoms with Crippen molar-refractivity contribution in [2.75, 3.05) is 0 Å². The van der Waals surface area contributed by atoms with E-state index in [1.54, 1.807) is 0 Å². The highest BCUT2D eigenvalue weighted by molar-refractivity contribution is 5.82. The standard InChI is InChI=1S/C19H30O2/c1-8-16(20)21-17-15(7)12-13-19(11-4,14(5)6)18(17,9-2)10-3/h8H,1,5,9-13H2,2-4,6-7H3/t19-/m0/s1. The lowest BCUT2D eigenvalue weighted by molar-refractivity contribution is -0.138. The molecule has 0 fully saturated rings. The fourth-order valence-electron chi connectivity index (χ4n) is 4.39. The Morgan fingerprint density at radius 2 is 1.86 bits per heavy atom. The fraction of sp³-hybridized carbons (Fsp3) is 0.632. The lowest BCUT2D eigenvalue weighted by Crippen LogP contribution is -2.47. The van der Waals surface area contributed by atoms with Crippen LogP contribution in [0.5, 0.6) is 0 Å². The maximum Gasteiger partial charge on any atom is 0.335 e. The van der Waals surface area contributed by atoms with Crippen LogP contribution in [0.15, 0.2) is 36.1 Å². The maximum absolute atomic E-state index is 11.8. The van der Waals surface area contributed by atoms with Crippen molar-refractivity contribution in [1.82, 2.24) is 0 Å². The first-order chi connectivity index (χ1) is 9.85. The Hall–Kier alpha value is -1.31. The molecule has 0 saturated carbocycles. The second-order valence-electron chi connectivity index (χ2n) is 6.24. The highest BCUT2D eigenvalue weighted by Crippen LogP contribution is 2.62. The number of esters is 1. The van der Waals surface area contributed by atoms with E-state index >= 15 is 0 Å². The second kappa shape index (κ2) is 6.64. The van der Waals surface area contributed by atoms with Crippen LogP contribution < -0.4 is 0 Å². The summed E-state index contributed by atoms with van der Waals surface area (Å²) in [6, 6.07) is 0. The summed E-state index contributed by atoms with van der Waals surface area (Å²) in [7, 11) is 0. The first-order valence-corrected chi connectivity index (χ1v) is 8.05. The van der Waals surface area contributed by atoms with Gasteiger partial charge in [0.25, 0.3) is 0 Å². The Labute approximate surface area is 130 Å². The van der Waals surface area contributed by atoms with Crippen molar-refractivity contribution < 1.29 is 9.53 Å². The summed E-state index contributed by atoms with van der Waals surface area (Å²) in [4.78, 5) is 11.8. The SMILES string of the molecule is C=CC(=O)OC1=C(C)CC[C@@](CC)(C(=C)C)C1(CC)CC. The quantitative estimate of drug-likeness (QED) is 0.363. The number of ether oxygens (including phenoxy) is 1. The van der Waals surface area contributed by atoms with Crippen molar-refractivity contribution in [2.45, 2.75) is 66.7 Å². The average Bonchev–Trinajstić information content (AvgIpc) is 2.48. The molecule has 0 aromatic carbocycles. The van der Waals surface area contributed by atoms with E-state index in [-0.39, 0.29) is 16.8 Å². The molecule has 0 aliphatic heterocycles. The Balaban J connectivity index is 3.53. The largest absolute Gasteiger partial charge is 0.427 e. The van der Waals surface area contributed by atoms with Crippen LogP contribution >= 0.6 is 0 Å². The lowest BCUT2D eigenvalue weighted by atomic mass is 9.50. The van der Waals surface area contributed by atoms with Gasteiger partial charge in [-0.15, -0.1) is 0 Å². The zero-order valence-electron chi connectivity index (χ0n) is 14.3. The molecule has 0 unspecified atom stereocenters. The molecular formula is C19H30O2. The third-order valence-electron chi connectivity index (χ3n) is 5.66. The first-order valence-electron chi connectivity index (χ1n) is 8.05. The third-order valence-corrected chi connectivity index (χ3v) is 5.66. The van der Waals surface area contributed by atoms with Crippen LogP contribution in [0.25, 0.3) is 0 Å². The van der Waals surface area contributed by atoms with Gasteiger partial charge in [-0.3, -0.25) is 0 Å². The predicted octanol–water partition coefficient (Wildman–Crippen LogP) is 5.56. The summed E-state index contributed by atoms with van der Waals surface area (Å²) < 4.78 is 5.74. The van der Waals surface area contributed by atoms with Gasteiger partial charge in [0.15, 0.2) is 0 Å². The van der Waals surface area contributed by atoms with Crippen LogP contribution in [0, 0.1) is 10.8 Å². The van der Waals surface area contributed by atoms with Gasteiger partial charge in [-0.1, -0.05) is 39.5 Å². The minimum Gasteiger partial charge on any atom is -0.427 e. The number of carbonyl (C=O) groups is 1. The summed E-state index contributed by atoms with van der Waals surface area (Å²) in [5.74, 6) is 0.512. The van der Waals surface area contributed by atoms with Crippen molar-refractivity contribution in [3.05, 3.63) is 36.1 Å². The van der Waals surface area contributed by atoms with E-state index in [4.69, 9.17) is 4.74 Å². The Bertz CT molecular complexity index is 466. The molecule has 0 aromatic rings. The zero-order chi connectivity index (χ0) is 16.3. The van der Waals surface area contributed by atoms with Gasteiger partial charge in [-0.2, -0.15) is 0 Å². The molecule has 0 spiro atoms. The maximum atomic E-state index is 11.8. The Kier molecular flexibility index (Phi) is 5.61. The predicted molar refractivity (Wildman–Crippen MR) is 88.8 cm³/mol. The summed E-state index contributed by atoms with van der Waals surface area (Å²) in [5.41, 5.74) is 2.26. The molecule has 1 aliphatic rings. The van der Waals surface area contributed by atoms with Gasteiger partial charge >= 0.3 is 5.97 Å². The van der Waals surface area contributed by atoms with Crippen LogP contribution in [0.3, 0.4) is 0 Å². The molecule has 0 bridgehead atoms. The molecule has 0 N–H and O–H groups in total. The van der Waals surface area contributed by atoms with Gasteiger partial charge in [0.2, 0.25) is 0 Å². The zero-order valence-corrected chi connectivity index (χ0v) is 14.3. The summed E-state index contributed by atoms with van der Waals surface area (Å²) >= 11 is 0. The van der Waals surface area contributed by atoms with Gasteiger partial charge < -0.3 is 4.74 Å². The van der Waals surface area contributed by atoms with Gasteiger partial charge in [0.05, 0.1) is 0 Å². The van der Waals surface area contributed by atoms with Crippen molar-refractivity contribution in [3.8, 4) is 0 Å². The smallest absolute Gasteiger partial charge is 0.335 e. The van der Waals surface area contributed by atoms with Crippen LogP contribution in [0.4, 0.5) is 0 Å². The van der Waals surface area contributed by atoms with Gasteiger partial charge in [-0.05, 0) is 51.5 Å². The van der Waals surface area contributed by atoms with E-state index in [0.717, 1.165) is 37.9 Å². The molecule has 118 valence electrons. The average molecular weight is 290 g/mol. The van der Waals surface area contributed by atoms with E-state index in [1.165, 1.54) is 17.2 Å². The summed E-state index contributed by atoms with van der Waals surface area (Å²) in [5, 5.41) is 0. The van der Waals surface area contributed by atoms with Crippen molar-refractivity contribution in [1.29, 1.82) is 0 Å². The van der Waals surface area contributed by atoms with E-state index in [0.29, 0.717) is 0 Å². The summed E-state index contributed by atoms with van der Waals surface area (Å²) in [6.07, 6.45) is 6.21. The molecule has 0 radical (unpaired) electrons. The van der Waals surface area contributed by atoms with Gasteiger partial charge in [0, 0.05) is 16.9 Å². The molecule has 2 nitrogen and oxygen atoms in total. The third kappa shape index (κ3) is 2.61. The molecule has 0 saturated heterocycles. The Morgan fingerprint density at radius 1 is 1.29 bits per heavy atom. The molecule has 1 rings (SSSR count). The minimum atomic E-state index is -0.357. The van der Waals surface area contributed by atoms with Crippen molar-refractivity contribution in [2.24, 2.45) is 10.8 Å². The van der Waals surface area contributed by atoms with Crippen LogP contribution in [-0.2, 0) is 9.53 Å². The minimum absolute atomic E-state index is 0.00674. The number of hydrogen-bond donors (Lipinski definition) is 0. The fourth-order valence-corrected chi connectivity index (χ4v) is 4.39. The molecule has 0 aromatic heterocycles. The van der Waals surface area contributed by atoms with E-state index < -0.39 is 0 Å². The summed E-state index contributed by atoms with van der Waals surface area (Å²) in [6.45, 7) is 18.6. The second-order valence-corrected chi connectivity index (χ2v) is 6.24. The first kappa shape index (κ1) is 17.7. The molecule has 0 heterocycles. The van der Waals surface area contributed by atoms with Gasteiger partial charge in [-0.25, -0.2) is 4.79 Å². The number of hydrogen-bond acceptors (Lipinski definition) is 2. The molecule has 0 amide bonds. The molecule has 1 aliphatic carbocycles. The van der Waals surface area contributed by atoms with E-state index in [9.17, 15) is 4.79 Å². The molecule has 1 atom stereocenters. The molecular weight excluding hydrogens is 260 g/mol. The van der Waals surface area contributed by atoms with Gasteiger partial charge in [0.1, 0.15) is 5.76 Å². The van der Waals surface area contributed by atoms with Crippen LogP contribution in [0.2, 0.25) is 0 Å². The van der Waals surface area contributed by atoms with E-state index in [1.807, 2.05) is 0 Å². The molecule has 21 heavy (non-hydrogen) atoms. The van der Waals surface area contributed by atoms with Crippen molar-refractivity contribution in [3.63, 3.8) is 0 Å². The molecule has 2 heteroatoms. The monoisotopic (exact) mass is 290 g/mol. The normalized spacial score (nSPS) is 24.6. The number of carbonyl (C=O) groups excluding carboxylic acids is 1. The number of rotatable bonds is 6. The van der Waals surface area contributed by atoms with Crippen molar-refractivity contribution >= 4 is 5.97 Å². The Morgan fingerprint density at radius 3 is 2.24 bits per heavy atom. The van der Waals surface area contributed by atoms with Crippen LogP contribution in [0.1, 0.15) is 66.7 Å². The van der Waals surface area contributed by atoms with Crippen LogP contribution in [-0.4, -0.2) is 5.97 Å². The van der Waals surface area contributed by atoms with E-state index in [2.05, 4.69) is 47.8 Å². The highest BCUT2D eigenvalue weighted by atomic mass is 16.5. The topological polar surface area (TPSA) is 26.3 Å². The highest BCUT2D eigenvalue weighted by Gasteiger charge is 2.54.